The lowest BCUT2D eigenvalue weighted by Gasteiger charge is -2.07. The SMILES string of the molecule is O=[N+]([O-])Cc1cc(C(F)(F)F)cnc1Cl. The second-order valence-corrected chi connectivity index (χ2v) is 3.02. The Morgan fingerprint density at radius 1 is 1.53 bits per heavy atom. The first-order chi connectivity index (χ1) is 6.80. The van der Waals surface area contributed by atoms with Gasteiger partial charge in [-0.1, -0.05) is 11.6 Å². The molecule has 82 valence electrons. The maximum Gasteiger partial charge on any atom is 0.417 e. The van der Waals surface area contributed by atoms with Crippen LogP contribution in [-0.4, -0.2) is 9.91 Å². The topological polar surface area (TPSA) is 56.0 Å². The molecule has 1 heterocycles. The highest BCUT2D eigenvalue weighted by atomic mass is 35.5. The van der Waals surface area contributed by atoms with Gasteiger partial charge in [-0.15, -0.1) is 0 Å². The monoisotopic (exact) mass is 240 g/mol. The van der Waals surface area contributed by atoms with Crippen molar-refractivity contribution in [1.29, 1.82) is 0 Å². The minimum absolute atomic E-state index is 0.253. The van der Waals surface area contributed by atoms with Gasteiger partial charge in [-0.3, -0.25) is 10.1 Å². The molecule has 0 saturated heterocycles. The molecule has 0 saturated carbocycles. The van der Waals surface area contributed by atoms with Gasteiger partial charge in [0.05, 0.1) is 11.1 Å². The first-order valence-corrected chi connectivity index (χ1v) is 4.02. The first kappa shape index (κ1) is 11.7. The van der Waals surface area contributed by atoms with Gasteiger partial charge in [0.2, 0.25) is 6.54 Å². The van der Waals surface area contributed by atoms with Crippen LogP contribution in [0.5, 0.6) is 0 Å². The van der Waals surface area contributed by atoms with E-state index in [-0.39, 0.29) is 10.7 Å². The maximum atomic E-state index is 12.2. The molecule has 0 spiro atoms. The van der Waals surface area contributed by atoms with E-state index in [1.54, 1.807) is 0 Å². The molecule has 1 aromatic rings. The fourth-order valence-corrected chi connectivity index (χ4v) is 1.06. The van der Waals surface area contributed by atoms with Gasteiger partial charge < -0.3 is 0 Å². The Balaban J connectivity index is 3.11. The van der Waals surface area contributed by atoms with Crippen LogP contribution in [0.15, 0.2) is 12.3 Å². The minimum Gasteiger partial charge on any atom is -0.264 e. The Labute approximate surface area is 86.8 Å². The van der Waals surface area contributed by atoms with Crippen molar-refractivity contribution in [2.24, 2.45) is 0 Å². The molecule has 0 radical (unpaired) electrons. The number of aromatic nitrogens is 1. The van der Waals surface area contributed by atoms with Gasteiger partial charge in [0, 0.05) is 11.1 Å². The molecule has 0 fully saturated rings. The third-order valence-electron chi connectivity index (χ3n) is 1.54. The van der Waals surface area contributed by atoms with Crippen molar-refractivity contribution in [1.82, 2.24) is 4.98 Å². The summed E-state index contributed by atoms with van der Waals surface area (Å²) in [5.74, 6) is 0. The lowest BCUT2D eigenvalue weighted by atomic mass is 10.2. The third kappa shape index (κ3) is 3.05. The lowest BCUT2D eigenvalue weighted by Crippen LogP contribution is -2.08. The van der Waals surface area contributed by atoms with E-state index in [1.165, 1.54) is 0 Å². The molecule has 1 rings (SSSR count). The molecule has 15 heavy (non-hydrogen) atoms. The number of halogens is 4. The van der Waals surface area contributed by atoms with Crippen LogP contribution in [0.4, 0.5) is 13.2 Å². The van der Waals surface area contributed by atoms with Crippen molar-refractivity contribution in [3.63, 3.8) is 0 Å². The molecule has 0 aromatic carbocycles. The molecule has 8 heteroatoms. The summed E-state index contributed by atoms with van der Waals surface area (Å²) in [6, 6.07) is 0.623. The molecule has 0 bridgehead atoms. The summed E-state index contributed by atoms with van der Waals surface area (Å²) in [6.45, 7) is -0.782. The van der Waals surface area contributed by atoms with Gasteiger partial charge in [-0.25, -0.2) is 4.98 Å². The fourth-order valence-electron chi connectivity index (χ4n) is 0.899. The maximum absolute atomic E-state index is 12.2. The number of pyridine rings is 1. The predicted octanol–water partition coefficient (Wildman–Crippen LogP) is 2.53. The van der Waals surface area contributed by atoms with Crippen LogP contribution in [0.3, 0.4) is 0 Å². The average molecular weight is 241 g/mol. The molecular weight excluding hydrogens is 237 g/mol. The zero-order valence-electron chi connectivity index (χ0n) is 7.08. The van der Waals surface area contributed by atoms with Crippen molar-refractivity contribution < 1.29 is 18.1 Å². The van der Waals surface area contributed by atoms with Crippen LogP contribution >= 0.6 is 11.6 Å². The van der Waals surface area contributed by atoms with Crippen LogP contribution in [-0.2, 0) is 12.7 Å². The summed E-state index contributed by atoms with van der Waals surface area (Å²) in [6.07, 6.45) is -4.05. The van der Waals surface area contributed by atoms with Crippen molar-refractivity contribution in [3.05, 3.63) is 38.7 Å². The van der Waals surface area contributed by atoms with Crippen LogP contribution in [0.2, 0.25) is 5.15 Å². The summed E-state index contributed by atoms with van der Waals surface area (Å²) < 4.78 is 36.6. The molecule has 0 aliphatic carbocycles. The van der Waals surface area contributed by atoms with E-state index < -0.39 is 23.2 Å². The van der Waals surface area contributed by atoms with Gasteiger partial charge in [0.1, 0.15) is 5.15 Å². The molecule has 0 aliphatic rings. The van der Waals surface area contributed by atoms with Crippen LogP contribution in [0.25, 0.3) is 0 Å². The molecule has 0 amide bonds. The van der Waals surface area contributed by atoms with Crippen LogP contribution < -0.4 is 0 Å². The summed E-state index contributed by atoms with van der Waals surface area (Å²) >= 11 is 5.41. The summed E-state index contributed by atoms with van der Waals surface area (Å²) in [7, 11) is 0. The molecule has 0 N–H and O–H groups in total. The lowest BCUT2D eigenvalue weighted by molar-refractivity contribution is -0.496. The average Bonchev–Trinajstić information content (AvgIpc) is 2.06. The van der Waals surface area contributed by atoms with E-state index in [9.17, 15) is 23.3 Å². The molecule has 4 nitrogen and oxygen atoms in total. The Bertz CT molecular complexity index is 394. The largest absolute Gasteiger partial charge is 0.417 e. The number of hydrogen-bond acceptors (Lipinski definition) is 3. The van der Waals surface area contributed by atoms with Gasteiger partial charge in [-0.2, -0.15) is 13.2 Å². The van der Waals surface area contributed by atoms with Gasteiger partial charge >= 0.3 is 6.18 Å². The second-order valence-electron chi connectivity index (χ2n) is 2.66. The van der Waals surface area contributed by atoms with Crippen LogP contribution in [0.1, 0.15) is 11.1 Å². The number of nitrogens with zero attached hydrogens (tertiary/aromatic N) is 2. The number of alkyl halides is 3. The van der Waals surface area contributed by atoms with E-state index in [0.29, 0.717) is 12.3 Å². The highest BCUT2D eigenvalue weighted by molar-refractivity contribution is 6.30. The molecule has 0 aliphatic heterocycles. The summed E-state index contributed by atoms with van der Waals surface area (Å²) in [4.78, 5) is 12.6. The highest BCUT2D eigenvalue weighted by Gasteiger charge is 2.32. The van der Waals surface area contributed by atoms with E-state index in [4.69, 9.17) is 11.6 Å². The third-order valence-corrected chi connectivity index (χ3v) is 1.88. The Kier molecular flexibility index (Phi) is 3.13. The molecule has 0 unspecified atom stereocenters. The Morgan fingerprint density at radius 3 is 2.60 bits per heavy atom. The van der Waals surface area contributed by atoms with Crippen molar-refractivity contribution >= 4 is 11.6 Å². The van der Waals surface area contributed by atoms with Gasteiger partial charge in [0.15, 0.2) is 0 Å². The Hall–Kier alpha value is -1.37. The van der Waals surface area contributed by atoms with E-state index in [1.807, 2.05) is 0 Å². The quantitative estimate of drug-likeness (QED) is 0.453. The normalized spacial score (nSPS) is 11.5. The standard InChI is InChI=1S/C7H4ClF3N2O2/c8-6-4(3-13(14)15)1-5(2-12-6)7(9,10)11/h1-2H,3H2. The zero-order chi connectivity index (χ0) is 11.6. The zero-order valence-corrected chi connectivity index (χ0v) is 7.84. The van der Waals surface area contributed by atoms with Crippen LogP contribution in [0, 0.1) is 10.1 Å². The van der Waals surface area contributed by atoms with Crippen molar-refractivity contribution in [2.45, 2.75) is 12.7 Å². The number of rotatable bonds is 2. The smallest absolute Gasteiger partial charge is 0.264 e. The fraction of sp³-hybridized carbons (Fsp3) is 0.286. The number of nitro groups is 1. The van der Waals surface area contributed by atoms with Crippen molar-refractivity contribution in [3.8, 4) is 0 Å². The van der Waals surface area contributed by atoms with E-state index in [0.717, 1.165) is 0 Å². The molecule has 0 atom stereocenters. The molecule has 1 aromatic heterocycles. The summed E-state index contributed by atoms with van der Waals surface area (Å²) in [5.41, 5.74) is -1.31. The second kappa shape index (κ2) is 4.01. The minimum atomic E-state index is -4.58. The highest BCUT2D eigenvalue weighted by Crippen LogP contribution is 2.30. The Morgan fingerprint density at radius 2 is 2.13 bits per heavy atom. The molecular formula is C7H4ClF3N2O2. The van der Waals surface area contributed by atoms with E-state index >= 15 is 0 Å². The first-order valence-electron chi connectivity index (χ1n) is 3.64. The predicted molar refractivity (Wildman–Crippen MR) is 44.9 cm³/mol. The van der Waals surface area contributed by atoms with Crippen molar-refractivity contribution in [2.75, 3.05) is 0 Å². The van der Waals surface area contributed by atoms with Gasteiger partial charge in [0.25, 0.3) is 0 Å². The van der Waals surface area contributed by atoms with E-state index in [2.05, 4.69) is 4.98 Å². The van der Waals surface area contributed by atoms with Gasteiger partial charge in [-0.05, 0) is 6.07 Å². The summed E-state index contributed by atoms with van der Waals surface area (Å²) in [5, 5.41) is 9.83. The number of hydrogen-bond donors (Lipinski definition) is 0.